The molecule has 0 saturated carbocycles. The molecule has 8 heteroatoms. The molecule has 1 aromatic heterocycles. The standard InChI is InChI=1S/C15H19N5O3/c1-9(12-8-19(4)18-10(12)2)17-13-6-5-11(15(21)16-3)7-14(13)20(22)23/h5-9,17H,1-4H3,(H,16,21). The average molecular weight is 317 g/mol. The van der Waals surface area contributed by atoms with E-state index in [1.165, 1.54) is 13.1 Å². The van der Waals surface area contributed by atoms with Gasteiger partial charge in [-0.05, 0) is 26.0 Å². The van der Waals surface area contributed by atoms with E-state index in [0.29, 0.717) is 5.69 Å². The van der Waals surface area contributed by atoms with Gasteiger partial charge in [-0.3, -0.25) is 19.6 Å². The molecule has 1 aromatic carbocycles. The molecule has 1 unspecified atom stereocenters. The van der Waals surface area contributed by atoms with Gasteiger partial charge in [-0.2, -0.15) is 5.10 Å². The highest BCUT2D eigenvalue weighted by Gasteiger charge is 2.20. The molecular weight excluding hydrogens is 298 g/mol. The first-order valence-electron chi connectivity index (χ1n) is 7.10. The molecule has 2 N–H and O–H groups in total. The molecule has 0 fully saturated rings. The molecule has 2 rings (SSSR count). The zero-order valence-electron chi connectivity index (χ0n) is 13.5. The predicted molar refractivity (Wildman–Crippen MR) is 86.5 cm³/mol. The molecule has 23 heavy (non-hydrogen) atoms. The van der Waals surface area contributed by atoms with Gasteiger partial charge in [-0.15, -0.1) is 0 Å². The Balaban J connectivity index is 2.33. The van der Waals surface area contributed by atoms with E-state index in [0.717, 1.165) is 11.3 Å². The summed E-state index contributed by atoms with van der Waals surface area (Å²) in [5, 5.41) is 21.1. The van der Waals surface area contributed by atoms with Gasteiger partial charge in [-0.1, -0.05) is 0 Å². The fraction of sp³-hybridized carbons (Fsp3) is 0.333. The fourth-order valence-electron chi connectivity index (χ4n) is 2.44. The molecule has 122 valence electrons. The maximum atomic E-state index is 11.6. The number of carbonyl (C=O) groups excluding carboxylic acids is 1. The third-order valence-corrected chi connectivity index (χ3v) is 3.57. The number of rotatable bonds is 5. The van der Waals surface area contributed by atoms with Crippen LogP contribution in [0.15, 0.2) is 24.4 Å². The van der Waals surface area contributed by atoms with Gasteiger partial charge in [0.05, 0.1) is 16.7 Å². The van der Waals surface area contributed by atoms with Crippen molar-refractivity contribution < 1.29 is 9.72 Å². The van der Waals surface area contributed by atoms with Crippen molar-refractivity contribution in [2.24, 2.45) is 7.05 Å². The molecule has 1 atom stereocenters. The molecule has 0 saturated heterocycles. The van der Waals surface area contributed by atoms with E-state index in [1.807, 2.05) is 27.1 Å². The fourth-order valence-corrected chi connectivity index (χ4v) is 2.44. The summed E-state index contributed by atoms with van der Waals surface area (Å²) in [5.41, 5.74) is 2.28. The molecule has 1 amide bonds. The number of benzene rings is 1. The number of nitrogens with one attached hydrogen (secondary N) is 2. The van der Waals surface area contributed by atoms with Gasteiger partial charge in [-0.25, -0.2) is 0 Å². The number of nitro benzene ring substituents is 1. The van der Waals surface area contributed by atoms with Crippen LogP contribution < -0.4 is 10.6 Å². The summed E-state index contributed by atoms with van der Waals surface area (Å²) in [6.07, 6.45) is 1.87. The van der Waals surface area contributed by atoms with Crippen LogP contribution in [-0.4, -0.2) is 27.7 Å². The summed E-state index contributed by atoms with van der Waals surface area (Å²) in [7, 11) is 3.30. The number of hydrogen-bond donors (Lipinski definition) is 2. The Morgan fingerprint density at radius 3 is 2.65 bits per heavy atom. The van der Waals surface area contributed by atoms with Crippen LogP contribution in [0.4, 0.5) is 11.4 Å². The second kappa shape index (κ2) is 6.47. The summed E-state index contributed by atoms with van der Waals surface area (Å²) < 4.78 is 1.70. The Kier molecular flexibility index (Phi) is 4.63. The minimum absolute atomic E-state index is 0.139. The Bertz CT molecular complexity index is 754. The first-order valence-corrected chi connectivity index (χ1v) is 7.10. The molecule has 0 radical (unpaired) electrons. The summed E-state index contributed by atoms with van der Waals surface area (Å²) in [6.45, 7) is 3.79. The van der Waals surface area contributed by atoms with Crippen LogP contribution >= 0.6 is 0 Å². The lowest BCUT2D eigenvalue weighted by Crippen LogP contribution is -2.18. The molecule has 0 aliphatic heterocycles. The molecule has 0 spiro atoms. The third kappa shape index (κ3) is 3.47. The number of nitro groups is 1. The Hall–Kier alpha value is -2.90. The predicted octanol–water partition coefficient (Wildman–Crippen LogP) is 2.17. The number of aryl methyl sites for hydroxylation is 2. The highest BCUT2D eigenvalue weighted by Crippen LogP contribution is 2.29. The van der Waals surface area contributed by atoms with Crippen molar-refractivity contribution in [3.8, 4) is 0 Å². The summed E-state index contributed by atoms with van der Waals surface area (Å²) in [4.78, 5) is 22.4. The average Bonchev–Trinajstić information content (AvgIpc) is 2.85. The van der Waals surface area contributed by atoms with Gasteiger partial charge in [0.1, 0.15) is 5.69 Å². The number of aromatic nitrogens is 2. The largest absolute Gasteiger partial charge is 0.373 e. The van der Waals surface area contributed by atoms with Crippen molar-refractivity contribution in [1.29, 1.82) is 0 Å². The van der Waals surface area contributed by atoms with Crippen molar-refractivity contribution in [2.45, 2.75) is 19.9 Å². The van der Waals surface area contributed by atoms with Crippen LogP contribution in [-0.2, 0) is 7.05 Å². The van der Waals surface area contributed by atoms with Crippen molar-refractivity contribution >= 4 is 17.3 Å². The second-order valence-electron chi connectivity index (χ2n) is 5.28. The van der Waals surface area contributed by atoms with E-state index in [2.05, 4.69) is 15.7 Å². The van der Waals surface area contributed by atoms with E-state index in [4.69, 9.17) is 0 Å². The summed E-state index contributed by atoms with van der Waals surface area (Å²) in [5.74, 6) is -0.365. The minimum Gasteiger partial charge on any atom is -0.373 e. The van der Waals surface area contributed by atoms with E-state index in [-0.39, 0.29) is 23.2 Å². The van der Waals surface area contributed by atoms with E-state index in [9.17, 15) is 14.9 Å². The topological polar surface area (TPSA) is 102 Å². The van der Waals surface area contributed by atoms with Crippen LogP contribution in [0.25, 0.3) is 0 Å². The van der Waals surface area contributed by atoms with Crippen molar-refractivity contribution in [3.63, 3.8) is 0 Å². The first kappa shape index (κ1) is 16.5. The van der Waals surface area contributed by atoms with Gasteiger partial charge < -0.3 is 10.6 Å². The van der Waals surface area contributed by atoms with Crippen LogP contribution in [0.5, 0.6) is 0 Å². The third-order valence-electron chi connectivity index (χ3n) is 3.57. The van der Waals surface area contributed by atoms with Gasteiger partial charge in [0.2, 0.25) is 0 Å². The van der Waals surface area contributed by atoms with Crippen molar-refractivity contribution in [3.05, 3.63) is 51.3 Å². The van der Waals surface area contributed by atoms with Crippen LogP contribution in [0.2, 0.25) is 0 Å². The van der Waals surface area contributed by atoms with E-state index >= 15 is 0 Å². The van der Waals surface area contributed by atoms with E-state index in [1.54, 1.807) is 16.8 Å². The number of anilines is 1. The highest BCUT2D eigenvalue weighted by molar-refractivity contribution is 5.95. The lowest BCUT2D eigenvalue weighted by atomic mass is 10.1. The smallest absolute Gasteiger partial charge is 0.293 e. The van der Waals surface area contributed by atoms with Crippen molar-refractivity contribution in [2.75, 3.05) is 12.4 Å². The highest BCUT2D eigenvalue weighted by atomic mass is 16.6. The minimum atomic E-state index is -0.502. The molecule has 8 nitrogen and oxygen atoms in total. The Morgan fingerprint density at radius 1 is 1.43 bits per heavy atom. The van der Waals surface area contributed by atoms with Crippen LogP contribution in [0, 0.1) is 17.0 Å². The number of hydrogen-bond acceptors (Lipinski definition) is 5. The normalized spacial score (nSPS) is 11.8. The lowest BCUT2D eigenvalue weighted by Gasteiger charge is -2.15. The van der Waals surface area contributed by atoms with Crippen molar-refractivity contribution in [1.82, 2.24) is 15.1 Å². The summed E-state index contributed by atoms with van der Waals surface area (Å²) in [6, 6.07) is 4.21. The van der Waals surface area contributed by atoms with Gasteiger partial charge >= 0.3 is 0 Å². The zero-order valence-corrected chi connectivity index (χ0v) is 13.5. The van der Waals surface area contributed by atoms with Gasteiger partial charge in [0.25, 0.3) is 11.6 Å². The molecule has 0 aliphatic carbocycles. The van der Waals surface area contributed by atoms with Crippen LogP contribution in [0.3, 0.4) is 0 Å². The number of nitrogens with zero attached hydrogens (tertiary/aromatic N) is 3. The molecule has 0 bridgehead atoms. The van der Waals surface area contributed by atoms with Crippen LogP contribution in [0.1, 0.15) is 34.6 Å². The Labute approximate surface area is 133 Å². The number of carbonyl (C=O) groups is 1. The monoisotopic (exact) mass is 317 g/mol. The maximum Gasteiger partial charge on any atom is 0.293 e. The summed E-state index contributed by atoms with van der Waals surface area (Å²) >= 11 is 0. The van der Waals surface area contributed by atoms with Gasteiger partial charge in [0.15, 0.2) is 0 Å². The maximum absolute atomic E-state index is 11.6. The zero-order chi connectivity index (χ0) is 17.1. The molecule has 2 aromatic rings. The molecule has 1 heterocycles. The Morgan fingerprint density at radius 2 is 2.13 bits per heavy atom. The SMILES string of the molecule is CNC(=O)c1ccc(NC(C)c2cn(C)nc2C)c([N+](=O)[O-])c1. The first-order chi connectivity index (χ1) is 10.8. The van der Waals surface area contributed by atoms with E-state index < -0.39 is 4.92 Å². The van der Waals surface area contributed by atoms with Gasteiger partial charge in [0, 0.05) is 37.5 Å². The lowest BCUT2D eigenvalue weighted by molar-refractivity contribution is -0.384. The molecular formula is C15H19N5O3. The molecule has 0 aliphatic rings. The second-order valence-corrected chi connectivity index (χ2v) is 5.28. The number of amides is 1. The quantitative estimate of drug-likeness (QED) is 0.650.